The van der Waals surface area contributed by atoms with Crippen LogP contribution in [0.15, 0.2) is 52.9 Å². The summed E-state index contributed by atoms with van der Waals surface area (Å²) in [6.07, 6.45) is 4.66. The van der Waals surface area contributed by atoms with E-state index in [4.69, 9.17) is 9.15 Å². The number of carbonyl (C=O) groups is 2. The quantitative estimate of drug-likeness (QED) is 0.346. The van der Waals surface area contributed by atoms with Gasteiger partial charge in [0.25, 0.3) is 11.9 Å². The Balaban J connectivity index is 1.16. The summed E-state index contributed by atoms with van der Waals surface area (Å²) < 4.78 is 11.4. The second-order valence-electron chi connectivity index (χ2n) is 10.7. The minimum absolute atomic E-state index is 0.0194. The number of aromatic nitrogens is 1. The van der Waals surface area contributed by atoms with Crippen molar-refractivity contribution >= 4 is 29.1 Å². The van der Waals surface area contributed by atoms with Crippen molar-refractivity contribution in [3.63, 3.8) is 0 Å². The first kappa shape index (κ1) is 26.5. The number of nitrogens with one attached hydrogen (secondary N) is 2. The number of oxazole rings is 1. The maximum atomic E-state index is 12.3. The van der Waals surface area contributed by atoms with Gasteiger partial charge in [0, 0.05) is 31.7 Å². The number of amides is 2. The zero-order valence-corrected chi connectivity index (χ0v) is 22.1. The molecule has 4 rings (SSSR count). The van der Waals surface area contributed by atoms with E-state index in [9.17, 15) is 9.59 Å². The molecule has 3 aromatic rings. The maximum Gasteiger partial charge on any atom is 0.410 e. The molecule has 2 N–H and O–H groups in total. The van der Waals surface area contributed by atoms with Crippen molar-refractivity contribution in [2.45, 2.75) is 58.5 Å². The standard InChI is InChI=1S/C29H38N4O4/c1-29(2,3)37-28(35)33-17-15-22(20-33)19-31-27-32-24-14-13-21(18-25(24)36-27)10-6-5-9-16-30-26(34)23-11-7-4-8-12-23/h4,7-8,11-14,18,22H,5-6,9-10,15-17,19-20H2,1-3H3,(H,30,34)(H,31,32)/t22-/m1/s1. The molecule has 1 aliphatic rings. The summed E-state index contributed by atoms with van der Waals surface area (Å²) in [5.74, 6) is 0.310. The van der Waals surface area contributed by atoms with Crippen LogP contribution in [0.1, 0.15) is 62.4 Å². The number of anilines is 1. The third kappa shape index (κ3) is 7.97. The first-order chi connectivity index (χ1) is 17.8. The van der Waals surface area contributed by atoms with Gasteiger partial charge in [-0.25, -0.2) is 4.79 Å². The van der Waals surface area contributed by atoms with Gasteiger partial charge in [-0.15, -0.1) is 0 Å². The van der Waals surface area contributed by atoms with Crippen molar-refractivity contribution in [2.75, 3.05) is 31.5 Å². The highest BCUT2D eigenvalue weighted by Gasteiger charge is 2.29. The van der Waals surface area contributed by atoms with Crippen LogP contribution in [0, 0.1) is 5.92 Å². The topological polar surface area (TPSA) is 96.7 Å². The molecular formula is C29H38N4O4. The molecule has 37 heavy (non-hydrogen) atoms. The van der Waals surface area contributed by atoms with Crippen LogP contribution in [0.5, 0.6) is 0 Å². The van der Waals surface area contributed by atoms with Crippen LogP contribution in [0.4, 0.5) is 10.8 Å². The third-order valence-electron chi connectivity index (χ3n) is 6.40. The second kappa shape index (κ2) is 12.1. The lowest BCUT2D eigenvalue weighted by Gasteiger charge is -2.24. The van der Waals surface area contributed by atoms with Gasteiger partial charge in [0.05, 0.1) is 0 Å². The smallest absolute Gasteiger partial charge is 0.410 e. The van der Waals surface area contributed by atoms with Crippen molar-refractivity contribution in [3.8, 4) is 0 Å². The molecule has 0 radical (unpaired) electrons. The van der Waals surface area contributed by atoms with Gasteiger partial charge in [-0.3, -0.25) is 4.79 Å². The molecule has 1 saturated heterocycles. The molecule has 0 bridgehead atoms. The van der Waals surface area contributed by atoms with Crippen LogP contribution in [-0.4, -0.2) is 53.7 Å². The van der Waals surface area contributed by atoms with Crippen molar-refractivity contribution in [3.05, 3.63) is 59.7 Å². The van der Waals surface area contributed by atoms with Crippen LogP contribution in [0.3, 0.4) is 0 Å². The number of nitrogens with zero attached hydrogens (tertiary/aromatic N) is 2. The number of rotatable bonds is 10. The number of benzene rings is 2. The first-order valence-electron chi connectivity index (χ1n) is 13.2. The van der Waals surface area contributed by atoms with Crippen LogP contribution >= 0.6 is 0 Å². The molecule has 2 amide bonds. The molecule has 1 aromatic heterocycles. The monoisotopic (exact) mass is 506 g/mol. The number of fused-ring (bicyclic) bond motifs is 1. The van der Waals surface area contributed by atoms with Gasteiger partial charge in [-0.05, 0) is 82.2 Å². The lowest BCUT2D eigenvalue weighted by Crippen LogP contribution is -2.35. The van der Waals surface area contributed by atoms with Crippen molar-refractivity contribution in [1.82, 2.24) is 15.2 Å². The van der Waals surface area contributed by atoms with E-state index in [2.05, 4.69) is 27.8 Å². The summed E-state index contributed by atoms with van der Waals surface area (Å²) in [5, 5.41) is 6.28. The van der Waals surface area contributed by atoms with Gasteiger partial charge in [0.1, 0.15) is 11.1 Å². The Kier molecular flexibility index (Phi) is 8.69. The SMILES string of the molecule is CC(C)(C)OC(=O)N1CC[C@H](CNc2nc3ccc(CCCCCNC(=O)c4ccccc4)cc3o2)C1. The molecule has 0 unspecified atom stereocenters. The molecule has 198 valence electrons. The van der Waals surface area contributed by atoms with E-state index in [-0.39, 0.29) is 12.0 Å². The predicted molar refractivity (Wildman–Crippen MR) is 145 cm³/mol. The average Bonchev–Trinajstić information content (AvgIpc) is 3.51. The van der Waals surface area contributed by atoms with E-state index >= 15 is 0 Å². The Morgan fingerprint density at radius 1 is 1.11 bits per heavy atom. The Labute approximate surface area is 218 Å². The fourth-order valence-corrected chi connectivity index (χ4v) is 4.45. The van der Waals surface area contributed by atoms with Crippen LogP contribution in [0.25, 0.3) is 11.1 Å². The van der Waals surface area contributed by atoms with Crippen LogP contribution in [-0.2, 0) is 11.2 Å². The molecule has 8 nitrogen and oxygen atoms in total. The van der Waals surface area contributed by atoms with E-state index in [0.717, 1.165) is 43.2 Å². The maximum absolute atomic E-state index is 12.3. The number of likely N-dealkylation sites (tertiary alicyclic amines) is 1. The lowest BCUT2D eigenvalue weighted by molar-refractivity contribution is 0.0289. The molecule has 0 spiro atoms. The van der Waals surface area contributed by atoms with Gasteiger partial charge in [0.15, 0.2) is 5.58 Å². The van der Waals surface area contributed by atoms with E-state index in [0.29, 0.717) is 43.7 Å². The Morgan fingerprint density at radius 2 is 1.92 bits per heavy atom. The number of aryl methyl sites for hydroxylation is 1. The molecule has 2 heterocycles. The Hall–Kier alpha value is -3.55. The van der Waals surface area contributed by atoms with Crippen molar-refractivity contribution in [1.29, 1.82) is 0 Å². The highest BCUT2D eigenvalue weighted by atomic mass is 16.6. The zero-order chi connectivity index (χ0) is 26.3. The van der Waals surface area contributed by atoms with Gasteiger partial charge in [0.2, 0.25) is 0 Å². The van der Waals surface area contributed by atoms with E-state index in [1.54, 1.807) is 4.90 Å². The van der Waals surface area contributed by atoms with Crippen molar-refractivity contribution in [2.24, 2.45) is 5.92 Å². The van der Waals surface area contributed by atoms with Gasteiger partial charge in [-0.1, -0.05) is 30.7 Å². The summed E-state index contributed by atoms with van der Waals surface area (Å²) in [6.45, 7) is 8.40. The number of hydrogen-bond donors (Lipinski definition) is 2. The molecule has 8 heteroatoms. The van der Waals surface area contributed by atoms with Gasteiger partial charge in [-0.2, -0.15) is 4.98 Å². The molecule has 0 saturated carbocycles. The largest absolute Gasteiger partial charge is 0.444 e. The van der Waals surface area contributed by atoms with E-state index in [1.807, 2.05) is 57.2 Å². The Bertz CT molecular complexity index is 1190. The average molecular weight is 507 g/mol. The third-order valence-corrected chi connectivity index (χ3v) is 6.40. The molecule has 1 fully saturated rings. The summed E-state index contributed by atoms with van der Waals surface area (Å²) in [7, 11) is 0. The summed E-state index contributed by atoms with van der Waals surface area (Å²) in [6, 6.07) is 16.0. The lowest BCUT2D eigenvalue weighted by atomic mass is 10.1. The summed E-state index contributed by atoms with van der Waals surface area (Å²) in [4.78, 5) is 30.7. The minimum atomic E-state index is -0.482. The predicted octanol–water partition coefficient (Wildman–Crippen LogP) is 5.64. The molecule has 0 aliphatic carbocycles. The minimum Gasteiger partial charge on any atom is -0.444 e. The normalized spacial score (nSPS) is 15.6. The number of ether oxygens (including phenoxy) is 1. The molecule has 1 atom stereocenters. The molecular weight excluding hydrogens is 468 g/mol. The van der Waals surface area contributed by atoms with Crippen LogP contribution < -0.4 is 10.6 Å². The summed E-state index contributed by atoms with van der Waals surface area (Å²) in [5.41, 5.74) is 3.04. The Morgan fingerprint density at radius 3 is 2.70 bits per heavy atom. The van der Waals surface area contributed by atoms with E-state index in [1.165, 1.54) is 5.56 Å². The molecule has 1 aliphatic heterocycles. The first-order valence-corrected chi connectivity index (χ1v) is 13.2. The zero-order valence-electron chi connectivity index (χ0n) is 22.1. The van der Waals surface area contributed by atoms with Gasteiger partial charge >= 0.3 is 6.09 Å². The number of carbonyl (C=O) groups excluding carboxylic acids is 2. The highest BCUT2D eigenvalue weighted by molar-refractivity contribution is 5.94. The van der Waals surface area contributed by atoms with E-state index < -0.39 is 5.60 Å². The van der Waals surface area contributed by atoms with Crippen LogP contribution in [0.2, 0.25) is 0 Å². The van der Waals surface area contributed by atoms with Crippen molar-refractivity contribution < 1.29 is 18.7 Å². The fraction of sp³-hybridized carbons (Fsp3) is 0.483. The number of hydrogen-bond acceptors (Lipinski definition) is 6. The fourth-order valence-electron chi connectivity index (χ4n) is 4.45. The number of unbranched alkanes of at least 4 members (excludes halogenated alkanes) is 2. The highest BCUT2D eigenvalue weighted by Crippen LogP contribution is 2.23. The second-order valence-corrected chi connectivity index (χ2v) is 10.7. The van der Waals surface area contributed by atoms with Gasteiger partial charge < -0.3 is 24.7 Å². The molecule has 2 aromatic carbocycles. The summed E-state index contributed by atoms with van der Waals surface area (Å²) >= 11 is 0.